The Bertz CT molecular complexity index is 1640. The Hall–Kier alpha value is -4.26. The zero-order valence-corrected chi connectivity index (χ0v) is 22.3. The van der Waals surface area contributed by atoms with Crippen molar-refractivity contribution in [3.05, 3.63) is 131 Å². The normalized spacial score (nSPS) is 25.1. The van der Waals surface area contributed by atoms with E-state index in [1.807, 2.05) is 84.9 Å². The van der Waals surface area contributed by atoms with Crippen molar-refractivity contribution >= 4 is 40.7 Å². The summed E-state index contributed by atoms with van der Waals surface area (Å²) in [6.07, 6.45) is 0.500. The zero-order chi connectivity index (χ0) is 27.4. The molecule has 2 fully saturated rings. The lowest BCUT2D eigenvalue weighted by Gasteiger charge is -2.31. The van der Waals surface area contributed by atoms with Crippen LogP contribution in [0.3, 0.4) is 0 Å². The lowest BCUT2D eigenvalue weighted by molar-refractivity contribution is -0.132. The van der Waals surface area contributed by atoms with Crippen LogP contribution in [0.2, 0.25) is 5.02 Å². The van der Waals surface area contributed by atoms with Crippen LogP contribution in [0.1, 0.15) is 16.7 Å². The van der Waals surface area contributed by atoms with Gasteiger partial charge in [0.15, 0.2) is 0 Å². The van der Waals surface area contributed by atoms with Gasteiger partial charge < -0.3 is 4.90 Å². The second-order valence-corrected chi connectivity index (χ2v) is 11.1. The van der Waals surface area contributed by atoms with Crippen LogP contribution < -0.4 is 15.1 Å². The van der Waals surface area contributed by atoms with Crippen LogP contribution in [0.25, 0.3) is 0 Å². The number of rotatable bonds is 5. The van der Waals surface area contributed by atoms with E-state index >= 15 is 0 Å². The van der Waals surface area contributed by atoms with Crippen LogP contribution in [-0.4, -0.2) is 23.8 Å². The number of imide groups is 1. The third-order valence-corrected chi connectivity index (χ3v) is 8.65. The Morgan fingerprint density at radius 1 is 0.750 bits per heavy atom. The molecule has 0 radical (unpaired) electrons. The van der Waals surface area contributed by atoms with Gasteiger partial charge >= 0.3 is 0 Å². The topological polar surface area (TPSA) is 69.7 Å². The summed E-state index contributed by atoms with van der Waals surface area (Å²) in [7, 11) is 0. The maximum absolute atomic E-state index is 14.6. The molecule has 4 aromatic rings. The van der Waals surface area contributed by atoms with Crippen molar-refractivity contribution in [3.63, 3.8) is 0 Å². The molecule has 3 aliphatic heterocycles. The van der Waals surface area contributed by atoms with Gasteiger partial charge in [-0.15, -0.1) is 0 Å². The molecular weight excluding hydrogens is 522 g/mol. The average molecular weight is 548 g/mol. The number of benzene rings is 4. The van der Waals surface area contributed by atoms with Gasteiger partial charge in [0.05, 0.1) is 24.1 Å². The van der Waals surface area contributed by atoms with E-state index in [0.29, 0.717) is 23.7 Å². The highest BCUT2D eigenvalue weighted by Gasteiger charge is 2.71. The molecule has 0 saturated carbocycles. The Morgan fingerprint density at radius 2 is 1.43 bits per heavy atom. The molecule has 3 heterocycles. The number of halogens is 1. The molecule has 3 aliphatic rings. The summed E-state index contributed by atoms with van der Waals surface area (Å²) in [5, 5.41) is 4.03. The smallest absolute Gasteiger partial charge is 0.253 e. The zero-order valence-electron chi connectivity index (χ0n) is 21.5. The lowest BCUT2D eigenvalue weighted by Crippen LogP contribution is -2.55. The SMILES string of the molecule is O=C1[C@@H]2[C@H](Cc3ccccc3)N[C@]3(C(=O)N(Cc4ccccc4)c4ccccc43)[C@H]2C(=O)N1c1cccc(Cl)c1. The number of para-hydroxylation sites is 1. The van der Waals surface area contributed by atoms with E-state index in [1.165, 1.54) is 4.90 Å². The van der Waals surface area contributed by atoms with Gasteiger partial charge in [0.2, 0.25) is 11.8 Å². The van der Waals surface area contributed by atoms with Crippen molar-refractivity contribution in [2.24, 2.45) is 11.8 Å². The molecule has 0 bridgehead atoms. The van der Waals surface area contributed by atoms with Gasteiger partial charge in [-0.2, -0.15) is 0 Å². The Labute approximate surface area is 237 Å². The Balaban J connectivity index is 1.37. The molecule has 2 saturated heterocycles. The largest absolute Gasteiger partial charge is 0.306 e. The quantitative estimate of drug-likeness (QED) is 0.353. The Kier molecular flexibility index (Phi) is 5.84. The van der Waals surface area contributed by atoms with Gasteiger partial charge in [0.25, 0.3) is 5.91 Å². The first-order valence-electron chi connectivity index (χ1n) is 13.4. The third-order valence-electron chi connectivity index (χ3n) is 8.41. The molecule has 6 nitrogen and oxygen atoms in total. The monoisotopic (exact) mass is 547 g/mol. The minimum absolute atomic E-state index is 0.211. The van der Waals surface area contributed by atoms with Crippen LogP contribution >= 0.6 is 11.6 Å². The number of nitrogens with zero attached hydrogens (tertiary/aromatic N) is 2. The molecule has 4 aromatic carbocycles. The maximum atomic E-state index is 14.6. The second kappa shape index (κ2) is 9.44. The summed E-state index contributed by atoms with van der Waals surface area (Å²) in [4.78, 5) is 46.1. The summed E-state index contributed by atoms with van der Waals surface area (Å²) in [5.41, 5.74) is 2.55. The minimum Gasteiger partial charge on any atom is -0.306 e. The summed E-state index contributed by atoms with van der Waals surface area (Å²) in [6.45, 7) is 0.362. The van der Waals surface area contributed by atoms with E-state index in [1.54, 1.807) is 29.2 Å². The first kappa shape index (κ1) is 24.8. The summed E-state index contributed by atoms with van der Waals surface area (Å²) in [6, 6.07) is 33.6. The molecule has 3 amide bonds. The molecule has 1 spiro atoms. The fourth-order valence-electron chi connectivity index (χ4n) is 6.78. The highest BCUT2D eigenvalue weighted by molar-refractivity contribution is 6.31. The highest BCUT2D eigenvalue weighted by atomic mass is 35.5. The van der Waals surface area contributed by atoms with Crippen LogP contribution in [0.5, 0.6) is 0 Å². The molecule has 0 aliphatic carbocycles. The van der Waals surface area contributed by atoms with Gasteiger partial charge in [-0.05, 0) is 41.8 Å². The molecular formula is C33H26ClN3O3. The third kappa shape index (κ3) is 3.64. The van der Waals surface area contributed by atoms with E-state index in [4.69, 9.17) is 11.6 Å². The number of carbonyl (C=O) groups excluding carboxylic acids is 3. The van der Waals surface area contributed by atoms with Crippen molar-refractivity contribution in [1.82, 2.24) is 5.32 Å². The van der Waals surface area contributed by atoms with Gasteiger partial charge in [-0.25, -0.2) is 4.90 Å². The average Bonchev–Trinajstić information content (AvgIpc) is 3.53. The van der Waals surface area contributed by atoms with Crippen molar-refractivity contribution in [2.45, 2.75) is 24.5 Å². The van der Waals surface area contributed by atoms with Crippen LogP contribution in [0.15, 0.2) is 109 Å². The predicted molar refractivity (Wildman–Crippen MR) is 154 cm³/mol. The predicted octanol–water partition coefficient (Wildman–Crippen LogP) is 5.10. The van der Waals surface area contributed by atoms with E-state index in [0.717, 1.165) is 22.4 Å². The molecule has 7 heteroatoms. The van der Waals surface area contributed by atoms with E-state index in [2.05, 4.69) is 5.32 Å². The van der Waals surface area contributed by atoms with E-state index in [9.17, 15) is 14.4 Å². The molecule has 198 valence electrons. The van der Waals surface area contributed by atoms with Crippen LogP contribution in [0, 0.1) is 11.8 Å². The fraction of sp³-hybridized carbons (Fsp3) is 0.182. The summed E-state index contributed by atoms with van der Waals surface area (Å²) >= 11 is 6.26. The first-order valence-corrected chi connectivity index (χ1v) is 13.8. The van der Waals surface area contributed by atoms with Crippen molar-refractivity contribution in [3.8, 4) is 0 Å². The number of nitrogens with one attached hydrogen (secondary N) is 1. The van der Waals surface area contributed by atoms with E-state index in [-0.39, 0.29) is 17.7 Å². The number of amides is 3. The standard InChI is InChI=1S/C33H26ClN3O3/c34-23-14-9-15-24(19-23)37-30(38)28-26(18-21-10-3-1-4-11-21)35-33(29(28)31(37)39)25-16-7-8-17-27(25)36(32(33)40)20-22-12-5-2-6-13-22/h1-17,19,26,28-29,35H,18,20H2/t26-,28+,29+,33-/m0/s1. The maximum Gasteiger partial charge on any atom is 0.253 e. The minimum atomic E-state index is -1.37. The number of anilines is 2. The molecule has 4 atom stereocenters. The molecule has 0 aromatic heterocycles. The Morgan fingerprint density at radius 3 is 2.15 bits per heavy atom. The van der Waals surface area contributed by atoms with Gasteiger partial charge in [0.1, 0.15) is 5.54 Å². The lowest BCUT2D eigenvalue weighted by atomic mass is 9.76. The first-order chi connectivity index (χ1) is 19.5. The fourth-order valence-corrected chi connectivity index (χ4v) is 6.97. The van der Waals surface area contributed by atoms with Gasteiger partial charge in [-0.1, -0.05) is 96.5 Å². The van der Waals surface area contributed by atoms with Crippen LogP contribution in [0.4, 0.5) is 11.4 Å². The molecule has 1 N–H and O–H groups in total. The second-order valence-electron chi connectivity index (χ2n) is 10.6. The van der Waals surface area contributed by atoms with Crippen molar-refractivity contribution < 1.29 is 14.4 Å². The molecule has 0 unspecified atom stereocenters. The van der Waals surface area contributed by atoms with Crippen molar-refractivity contribution in [2.75, 3.05) is 9.80 Å². The highest BCUT2D eigenvalue weighted by Crippen LogP contribution is 2.55. The van der Waals surface area contributed by atoms with Crippen LogP contribution in [-0.2, 0) is 32.9 Å². The number of fused-ring (bicyclic) bond motifs is 4. The molecule has 40 heavy (non-hydrogen) atoms. The van der Waals surface area contributed by atoms with Gasteiger partial charge in [0, 0.05) is 22.3 Å². The number of carbonyl (C=O) groups is 3. The molecule has 7 rings (SSSR count). The summed E-state index contributed by atoms with van der Waals surface area (Å²) < 4.78 is 0. The van der Waals surface area contributed by atoms with Crippen molar-refractivity contribution in [1.29, 1.82) is 0 Å². The number of hydrogen-bond acceptors (Lipinski definition) is 4. The number of hydrogen-bond donors (Lipinski definition) is 1. The van der Waals surface area contributed by atoms with Gasteiger partial charge in [-0.3, -0.25) is 19.7 Å². The van der Waals surface area contributed by atoms with E-state index < -0.39 is 23.4 Å². The summed E-state index contributed by atoms with van der Waals surface area (Å²) in [5.74, 6) is -2.53.